The van der Waals surface area contributed by atoms with Crippen LogP contribution in [0.4, 0.5) is 10.5 Å². The lowest BCUT2D eigenvalue weighted by Crippen LogP contribution is -2.52. The zero-order valence-corrected chi connectivity index (χ0v) is 19.3. The highest BCUT2D eigenvalue weighted by Crippen LogP contribution is 2.50. The van der Waals surface area contributed by atoms with E-state index in [2.05, 4.69) is 25.8 Å². The molecule has 0 saturated carbocycles. The molecule has 1 amide bonds. The molecule has 29 heavy (non-hydrogen) atoms. The second-order valence-corrected chi connectivity index (χ2v) is 8.47. The molecule has 0 bridgehead atoms. The summed E-state index contributed by atoms with van der Waals surface area (Å²) in [7, 11) is 5.85. The number of nitrogens with zero attached hydrogens (tertiary/aromatic N) is 3. The molecule has 6 nitrogen and oxygen atoms in total. The van der Waals surface area contributed by atoms with Gasteiger partial charge in [-0.05, 0) is 36.6 Å². The lowest BCUT2D eigenvalue weighted by atomic mass is 9.79. The first-order chi connectivity index (χ1) is 13.4. The molecule has 1 aromatic rings. The van der Waals surface area contributed by atoms with E-state index in [-0.39, 0.29) is 30.1 Å². The summed E-state index contributed by atoms with van der Waals surface area (Å²) in [6.07, 6.45) is 6.58. The maximum Gasteiger partial charge on any atom is 0.414 e. The summed E-state index contributed by atoms with van der Waals surface area (Å²) in [6.45, 7) is 6.06. The van der Waals surface area contributed by atoms with Gasteiger partial charge in [-0.1, -0.05) is 39.5 Å². The number of likely N-dealkylation sites (N-methyl/N-ethyl adjacent to an activating group) is 1. The number of amides is 1. The van der Waals surface area contributed by atoms with E-state index in [1.165, 1.54) is 24.8 Å². The SMILES string of the molecule is CCCCCCCN(C)C(=O)Oc1ccc2c(c1)[C@]1(C)CCN(C)O[C@@H]1N2C.Cl. The van der Waals surface area contributed by atoms with Crippen LogP contribution in [0.2, 0.25) is 0 Å². The quantitative estimate of drug-likeness (QED) is 0.586. The van der Waals surface area contributed by atoms with Gasteiger partial charge >= 0.3 is 6.09 Å². The average Bonchev–Trinajstić information content (AvgIpc) is 2.89. The van der Waals surface area contributed by atoms with Crippen molar-refractivity contribution in [3.8, 4) is 5.75 Å². The molecule has 1 aromatic carbocycles. The van der Waals surface area contributed by atoms with Crippen LogP contribution in [0.3, 0.4) is 0 Å². The summed E-state index contributed by atoms with van der Waals surface area (Å²) >= 11 is 0. The average molecular weight is 426 g/mol. The van der Waals surface area contributed by atoms with Crippen LogP contribution in [0.15, 0.2) is 18.2 Å². The zero-order chi connectivity index (χ0) is 20.3. The largest absolute Gasteiger partial charge is 0.414 e. The molecule has 1 saturated heterocycles. The smallest absolute Gasteiger partial charge is 0.410 e. The Bertz CT molecular complexity index is 702. The number of hydrogen-bond acceptors (Lipinski definition) is 5. The van der Waals surface area contributed by atoms with E-state index >= 15 is 0 Å². The van der Waals surface area contributed by atoms with Crippen LogP contribution >= 0.6 is 12.4 Å². The summed E-state index contributed by atoms with van der Waals surface area (Å²) in [4.78, 5) is 22.4. The van der Waals surface area contributed by atoms with Crippen molar-refractivity contribution < 1.29 is 14.4 Å². The Morgan fingerprint density at radius 1 is 1.28 bits per heavy atom. The molecule has 2 heterocycles. The predicted octanol–water partition coefficient (Wildman–Crippen LogP) is 4.81. The van der Waals surface area contributed by atoms with Gasteiger partial charge in [-0.2, -0.15) is 5.06 Å². The zero-order valence-electron chi connectivity index (χ0n) is 18.4. The normalized spacial score (nSPS) is 23.2. The Kier molecular flexibility index (Phi) is 8.20. The highest BCUT2D eigenvalue weighted by atomic mass is 35.5. The molecule has 7 heteroatoms. The van der Waals surface area contributed by atoms with Gasteiger partial charge < -0.3 is 14.5 Å². The standard InChI is InChI=1S/C22H35N3O3.ClH/c1-6-7-8-9-10-14-23(3)21(26)27-17-11-12-19-18(16-17)22(2)13-15-24(4)28-20(22)25(19)5;/h11-12,16,20H,6-10,13-15H2,1-5H3;1H/t20-,22-;/m0./s1. The molecule has 2 atom stereocenters. The summed E-state index contributed by atoms with van der Waals surface area (Å²) in [6, 6.07) is 5.94. The van der Waals surface area contributed by atoms with Gasteiger partial charge in [-0.3, -0.25) is 4.84 Å². The van der Waals surface area contributed by atoms with Gasteiger partial charge in [0, 0.05) is 45.3 Å². The predicted molar refractivity (Wildman–Crippen MR) is 119 cm³/mol. The topological polar surface area (TPSA) is 45.3 Å². The van der Waals surface area contributed by atoms with E-state index in [1.807, 2.05) is 37.4 Å². The first-order valence-electron chi connectivity index (χ1n) is 10.5. The number of anilines is 1. The fourth-order valence-corrected chi connectivity index (χ4v) is 4.31. The van der Waals surface area contributed by atoms with Crippen molar-refractivity contribution in [1.29, 1.82) is 0 Å². The molecule has 0 aromatic heterocycles. The van der Waals surface area contributed by atoms with Gasteiger partial charge in [0.15, 0.2) is 6.23 Å². The van der Waals surface area contributed by atoms with Crippen LogP contribution in [0.25, 0.3) is 0 Å². The number of fused-ring (bicyclic) bond motifs is 3. The van der Waals surface area contributed by atoms with Crippen molar-refractivity contribution in [2.24, 2.45) is 0 Å². The fourth-order valence-electron chi connectivity index (χ4n) is 4.31. The number of carbonyl (C=O) groups is 1. The third kappa shape index (κ3) is 4.98. The molecule has 0 unspecified atom stereocenters. The molecule has 0 aliphatic carbocycles. The van der Waals surface area contributed by atoms with Gasteiger partial charge in [0.05, 0.1) is 0 Å². The molecule has 0 spiro atoms. The number of ether oxygens (including phenoxy) is 1. The molecule has 3 rings (SSSR count). The molecule has 2 aliphatic rings. The number of unbranched alkanes of at least 4 members (excludes halogenated alkanes) is 4. The van der Waals surface area contributed by atoms with E-state index in [0.717, 1.165) is 38.0 Å². The number of hydroxylamine groups is 2. The number of rotatable bonds is 7. The van der Waals surface area contributed by atoms with Gasteiger partial charge in [0.1, 0.15) is 5.75 Å². The summed E-state index contributed by atoms with van der Waals surface area (Å²) in [5.41, 5.74) is 2.23. The summed E-state index contributed by atoms with van der Waals surface area (Å²) in [5, 5.41) is 1.91. The molecule has 0 N–H and O–H groups in total. The van der Waals surface area contributed by atoms with Crippen LogP contribution in [-0.2, 0) is 10.3 Å². The maximum absolute atomic E-state index is 12.5. The molecule has 0 radical (unpaired) electrons. The van der Waals surface area contributed by atoms with Crippen molar-refractivity contribution in [3.05, 3.63) is 23.8 Å². The van der Waals surface area contributed by atoms with Gasteiger partial charge in [0.2, 0.25) is 0 Å². The Hall–Kier alpha value is -1.50. The highest BCUT2D eigenvalue weighted by molar-refractivity contribution is 5.85. The Morgan fingerprint density at radius 3 is 2.72 bits per heavy atom. The number of benzene rings is 1. The third-order valence-electron chi connectivity index (χ3n) is 6.20. The number of hydrogen-bond donors (Lipinski definition) is 0. The summed E-state index contributed by atoms with van der Waals surface area (Å²) < 4.78 is 5.68. The Labute approximate surface area is 181 Å². The van der Waals surface area contributed by atoms with Crippen molar-refractivity contribution in [3.63, 3.8) is 0 Å². The highest BCUT2D eigenvalue weighted by Gasteiger charge is 2.50. The van der Waals surface area contributed by atoms with Crippen molar-refractivity contribution in [2.45, 2.75) is 64.0 Å². The molecular weight excluding hydrogens is 390 g/mol. The fraction of sp³-hybridized carbons (Fsp3) is 0.682. The minimum absolute atomic E-state index is 0. The van der Waals surface area contributed by atoms with Crippen LogP contribution in [0.1, 0.15) is 57.9 Å². The first-order valence-corrected chi connectivity index (χ1v) is 10.5. The minimum Gasteiger partial charge on any atom is -0.410 e. The molecular formula is C22H36ClN3O3. The van der Waals surface area contributed by atoms with E-state index in [4.69, 9.17) is 9.57 Å². The van der Waals surface area contributed by atoms with Crippen molar-refractivity contribution in [2.75, 3.05) is 39.1 Å². The molecule has 1 fully saturated rings. The molecule has 2 aliphatic heterocycles. The Balaban J connectivity index is 0.00000300. The van der Waals surface area contributed by atoms with Crippen LogP contribution < -0.4 is 9.64 Å². The first kappa shape index (κ1) is 23.8. The van der Waals surface area contributed by atoms with E-state index < -0.39 is 0 Å². The van der Waals surface area contributed by atoms with E-state index in [0.29, 0.717) is 5.75 Å². The lowest BCUT2D eigenvalue weighted by molar-refractivity contribution is -0.226. The number of carbonyl (C=O) groups excluding carboxylic acids is 1. The van der Waals surface area contributed by atoms with Crippen LogP contribution in [0, 0.1) is 0 Å². The van der Waals surface area contributed by atoms with Gasteiger partial charge in [-0.25, -0.2) is 4.79 Å². The third-order valence-corrected chi connectivity index (χ3v) is 6.20. The summed E-state index contributed by atoms with van der Waals surface area (Å²) in [5.74, 6) is 0.607. The van der Waals surface area contributed by atoms with Crippen molar-refractivity contribution >= 4 is 24.2 Å². The lowest BCUT2D eigenvalue weighted by Gasteiger charge is -2.42. The van der Waals surface area contributed by atoms with Gasteiger partial charge in [-0.15, -0.1) is 12.4 Å². The maximum atomic E-state index is 12.5. The van der Waals surface area contributed by atoms with E-state index in [9.17, 15) is 4.79 Å². The van der Waals surface area contributed by atoms with Gasteiger partial charge in [0.25, 0.3) is 0 Å². The minimum atomic E-state index is -0.289. The number of halogens is 1. The van der Waals surface area contributed by atoms with Crippen LogP contribution in [0.5, 0.6) is 5.75 Å². The second kappa shape index (κ2) is 10.0. The Morgan fingerprint density at radius 2 is 2.00 bits per heavy atom. The monoisotopic (exact) mass is 425 g/mol. The van der Waals surface area contributed by atoms with E-state index in [1.54, 1.807) is 4.90 Å². The van der Waals surface area contributed by atoms with Crippen molar-refractivity contribution in [1.82, 2.24) is 9.96 Å². The second-order valence-electron chi connectivity index (χ2n) is 8.47. The van der Waals surface area contributed by atoms with Crippen LogP contribution in [-0.4, -0.2) is 56.5 Å². The molecule has 164 valence electrons.